The van der Waals surface area contributed by atoms with E-state index >= 15 is 0 Å². The van der Waals surface area contributed by atoms with Crippen molar-refractivity contribution in [3.8, 4) is 0 Å². The standard InChI is InChI=1S/C13H16N2O3/c1-8(2)10-6-12-9(5-11(10)13(17)18)7-14-15(12)3-4-16/h5-8,16H,3-4H2,1-2H3,(H,17,18). The molecular weight excluding hydrogens is 232 g/mol. The number of carboxylic acid groups (broad SMARTS) is 1. The summed E-state index contributed by atoms with van der Waals surface area (Å²) in [5, 5.41) is 23.1. The van der Waals surface area contributed by atoms with Gasteiger partial charge in [0.05, 0.1) is 30.4 Å². The molecule has 0 unspecified atom stereocenters. The highest BCUT2D eigenvalue weighted by Crippen LogP contribution is 2.26. The lowest BCUT2D eigenvalue weighted by atomic mass is 9.96. The SMILES string of the molecule is CC(C)c1cc2c(cnn2CCO)cc1C(=O)O. The largest absolute Gasteiger partial charge is 0.478 e. The van der Waals surface area contributed by atoms with Crippen molar-refractivity contribution in [3.63, 3.8) is 0 Å². The van der Waals surface area contributed by atoms with Crippen LogP contribution in [0.15, 0.2) is 18.3 Å². The molecule has 1 heterocycles. The molecule has 2 rings (SSSR count). The Morgan fingerprint density at radius 2 is 2.17 bits per heavy atom. The highest BCUT2D eigenvalue weighted by atomic mass is 16.4. The van der Waals surface area contributed by atoms with Crippen LogP contribution in [0.1, 0.15) is 35.7 Å². The van der Waals surface area contributed by atoms with Crippen LogP contribution < -0.4 is 0 Å². The van der Waals surface area contributed by atoms with Crippen molar-refractivity contribution in [2.75, 3.05) is 6.61 Å². The quantitative estimate of drug-likeness (QED) is 0.865. The van der Waals surface area contributed by atoms with Gasteiger partial charge in [-0.3, -0.25) is 4.68 Å². The van der Waals surface area contributed by atoms with Gasteiger partial charge in [0.25, 0.3) is 0 Å². The topological polar surface area (TPSA) is 75.3 Å². The maximum Gasteiger partial charge on any atom is 0.335 e. The summed E-state index contributed by atoms with van der Waals surface area (Å²) in [6, 6.07) is 3.50. The number of aromatic nitrogens is 2. The van der Waals surface area contributed by atoms with Gasteiger partial charge < -0.3 is 10.2 Å². The number of nitrogens with zero attached hydrogens (tertiary/aromatic N) is 2. The smallest absolute Gasteiger partial charge is 0.335 e. The van der Waals surface area contributed by atoms with E-state index in [9.17, 15) is 9.90 Å². The van der Waals surface area contributed by atoms with Gasteiger partial charge >= 0.3 is 5.97 Å². The molecular formula is C13H16N2O3. The van der Waals surface area contributed by atoms with Crippen molar-refractivity contribution < 1.29 is 15.0 Å². The van der Waals surface area contributed by atoms with Crippen LogP contribution in [0, 0.1) is 0 Å². The fourth-order valence-corrected chi connectivity index (χ4v) is 2.08. The minimum absolute atomic E-state index is 0.00841. The van der Waals surface area contributed by atoms with Gasteiger partial charge in [-0.05, 0) is 23.6 Å². The molecule has 0 radical (unpaired) electrons. The minimum Gasteiger partial charge on any atom is -0.478 e. The molecule has 2 aromatic rings. The van der Waals surface area contributed by atoms with Crippen molar-refractivity contribution in [1.82, 2.24) is 9.78 Å². The molecule has 5 heteroatoms. The van der Waals surface area contributed by atoms with Crippen molar-refractivity contribution in [1.29, 1.82) is 0 Å². The van der Waals surface area contributed by atoms with Crippen molar-refractivity contribution in [3.05, 3.63) is 29.5 Å². The lowest BCUT2D eigenvalue weighted by Gasteiger charge is -2.11. The Morgan fingerprint density at radius 1 is 1.44 bits per heavy atom. The van der Waals surface area contributed by atoms with E-state index in [0.29, 0.717) is 12.1 Å². The van der Waals surface area contributed by atoms with Crippen LogP contribution in [0.3, 0.4) is 0 Å². The second kappa shape index (κ2) is 4.78. The fraction of sp³-hybridized carbons (Fsp3) is 0.385. The molecule has 1 aromatic heterocycles. The predicted octanol–water partition coefficient (Wildman–Crippen LogP) is 1.85. The van der Waals surface area contributed by atoms with E-state index in [0.717, 1.165) is 16.5 Å². The molecule has 1 aromatic carbocycles. The lowest BCUT2D eigenvalue weighted by molar-refractivity contribution is 0.0695. The molecule has 0 amide bonds. The summed E-state index contributed by atoms with van der Waals surface area (Å²) in [6.45, 7) is 4.34. The van der Waals surface area contributed by atoms with Crippen LogP contribution in [0.25, 0.3) is 10.9 Å². The van der Waals surface area contributed by atoms with Gasteiger partial charge in [-0.25, -0.2) is 4.79 Å². The monoisotopic (exact) mass is 248 g/mol. The first-order chi connectivity index (χ1) is 8.54. The summed E-state index contributed by atoms with van der Waals surface area (Å²) < 4.78 is 1.69. The summed E-state index contributed by atoms with van der Waals surface area (Å²) in [5.41, 5.74) is 1.97. The highest BCUT2D eigenvalue weighted by molar-refractivity contribution is 5.95. The zero-order chi connectivity index (χ0) is 13.3. The number of hydrogen-bond donors (Lipinski definition) is 2. The molecule has 0 spiro atoms. The average molecular weight is 248 g/mol. The molecule has 5 nitrogen and oxygen atoms in total. The lowest BCUT2D eigenvalue weighted by Crippen LogP contribution is -2.06. The number of aliphatic hydroxyl groups is 1. The normalized spacial score (nSPS) is 11.3. The van der Waals surface area contributed by atoms with Crippen molar-refractivity contribution >= 4 is 16.9 Å². The summed E-state index contributed by atoms with van der Waals surface area (Å²) >= 11 is 0. The van der Waals surface area contributed by atoms with Gasteiger partial charge in [-0.15, -0.1) is 0 Å². The number of fused-ring (bicyclic) bond motifs is 1. The van der Waals surface area contributed by atoms with E-state index in [2.05, 4.69) is 5.10 Å². The van der Waals surface area contributed by atoms with Gasteiger partial charge in [0.1, 0.15) is 0 Å². The molecule has 96 valence electrons. The van der Waals surface area contributed by atoms with Crippen LogP contribution >= 0.6 is 0 Å². The van der Waals surface area contributed by atoms with Gasteiger partial charge in [0.2, 0.25) is 0 Å². The van der Waals surface area contributed by atoms with Crippen LogP contribution in [0.5, 0.6) is 0 Å². The van der Waals surface area contributed by atoms with E-state index in [1.54, 1.807) is 16.9 Å². The Kier molecular flexibility index (Phi) is 3.34. The molecule has 2 N–H and O–H groups in total. The fourth-order valence-electron chi connectivity index (χ4n) is 2.08. The first kappa shape index (κ1) is 12.6. The maximum absolute atomic E-state index is 11.2. The van der Waals surface area contributed by atoms with E-state index in [1.807, 2.05) is 19.9 Å². The third-order valence-corrected chi connectivity index (χ3v) is 2.98. The summed E-state index contributed by atoms with van der Waals surface area (Å²) in [6.07, 6.45) is 1.63. The molecule has 0 saturated carbocycles. The average Bonchev–Trinajstić information content (AvgIpc) is 2.70. The Morgan fingerprint density at radius 3 is 2.72 bits per heavy atom. The van der Waals surface area contributed by atoms with Crippen molar-refractivity contribution in [2.45, 2.75) is 26.3 Å². The minimum atomic E-state index is -0.921. The number of carbonyl (C=O) groups is 1. The Labute approximate surface area is 105 Å². The third-order valence-electron chi connectivity index (χ3n) is 2.98. The van der Waals surface area contributed by atoms with E-state index in [4.69, 9.17) is 5.11 Å². The number of benzene rings is 1. The first-order valence-electron chi connectivity index (χ1n) is 5.88. The van der Waals surface area contributed by atoms with E-state index in [1.165, 1.54) is 0 Å². The third kappa shape index (κ3) is 2.09. The van der Waals surface area contributed by atoms with E-state index < -0.39 is 5.97 Å². The number of carboxylic acids is 1. The molecule has 0 aliphatic rings. The number of rotatable bonds is 4. The Bertz CT molecular complexity index is 587. The first-order valence-corrected chi connectivity index (χ1v) is 5.88. The Hall–Kier alpha value is -1.88. The molecule has 0 saturated heterocycles. The molecule has 0 aliphatic carbocycles. The van der Waals surface area contributed by atoms with Gasteiger partial charge in [-0.2, -0.15) is 5.10 Å². The highest BCUT2D eigenvalue weighted by Gasteiger charge is 2.16. The number of aromatic carboxylic acids is 1. The predicted molar refractivity (Wildman–Crippen MR) is 67.9 cm³/mol. The molecule has 0 bridgehead atoms. The summed E-state index contributed by atoms with van der Waals surface area (Å²) in [4.78, 5) is 11.2. The van der Waals surface area contributed by atoms with Crippen LogP contribution in [-0.2, 0) is 6.54 Å². The molecule has 0 fully saturated rings. The van der Waals surface area contributed by atoms with Crippen LogP contribution in [0.4, 0.5) is 0 Å². The number of aliphatic hydroxyl groups excluding tert-OH is 1. The molecule has 0 aliphatic heterocycles. The number of hydrogen-bond acceptors (Lipinski definition) is 3. The van der Waals surface area contributed by atoms with E-state index in [-0.39, 0.29) is 12.5 Å². The maximum atomic E-state index is 11.2. The molecule has 0 atom stereocenters. The van der Waals surface area contributed by atoms with Gasteiger partial charge in [0.15, 0.2) is 0 Å². The zero-order valence-electron chi connectivity index (χ0n) is 10.4. The Balaban J connectivity index is 2.66. The van der Waals surface area contributed by atoms with Crippen LogP contribution in [0.2, 0.25) is 0 Å². The van der Waals surface area contributed by atoms with Gasteiger partial charge in [-0.1, -0.05) is 13.8 Å². The zero-order valence-corrected chi connectivity index (χ0v) is 10.4. The summed E-state index contributed by atoms with van der Waals surface area (Å²) in [5.74, 6) is -0.798. The van der Waals surface area contributed by atoms with Crippen molar-refractivity contribution in [2.24, 2.45) is 0 Å². The van der Waals surface area contributed by atoms with Crippen LogP contribution in [-0.4, -0.2) is 32.6 Å². The second-order valence-electron chi connectivity index (χ2n) is 4.55. The van der Waals surface area contributed by atoms with Gasteiger partial charge in [0, 0.05) is 5.39 Å². The second-order valence-corrected chi connectivity index (χ2v) is 4.55. The summed E-state index contributed by atoms with van der Waals surface area (Å²) in [7, 11) is 0. The molecule has 18 heavy (non-hydrogen) atoms.